The second-order valence-corrected chi connectivity index (χ2v) is 17.0. The van der Waals surface area contributed by atoms with Crippen LogP contribution in [-0.2, 0) is 33.6 Å². The van der Waals surface area contributed by atoms with Crippen molar-refractivity contribution in [1.82, 2.24) is 30.1 Å². The fourth-order valence-electron chi connectivity index (χ4n) is 7.73. The molecule has 0 saturated carbocycles. The smallest absolute Gasteiger partial charge is 0.408 e. The van der Waals surface area contributed by atoms with Crippen molar-refractivity contribution in [3.8, 4) is 0 Å². The fourth-order valence-corrected chi connectivity index (χ4v) is 9.23. The molecule has 2 saturated heterocycles. The van der Waals surface area contributed by atoms with Crippen LogP contribution in [0.4, 0.5) is 4.79 Å². The van der Waals surface area contributed by atoms with Crippen LogP contribution in [0.2, 0.25) is 5.02 Å². The van der Waals surface area contributed by atoms with E-state index in [4.69, 9.17) is 21.3 Å². The van der Waals surface area contributed by atoms with Gasteiger partial charge in [0.05, 0.1) is 18.6 Å². The van der Waals surface area contributed by atoms with Gasteiger partial charge in [0.15, 0.2) is 0 Å². The highest BCUT2D eigenvalue weighted by Crippen LogP contribution is 2.46. The van der Waals surface area contributed by atoms with Crippen LogP contribution in [0, 0.1) is 11.8 Å². The molecule has 2 N–H and O–H groups in total. The van der Waals surface area contributed by atoms with E-state index in [2.05, 4.69) is 64.2 Å². The average molecular weight is 833 g/mol. The van der Waals surface area contributed by atoms with Gasteiger partial charge in [-0.3, -0.25) is 19.5 Å². The van der Waals surface area contributed by atoms with Gasteiger partial charge in [0.1, 0.15) is 17.4 Å². The third-order valence-corrected chi connectivity index (χ3v) is 11.4. The molecule has 0 bridgehead atoms. The predicted molar refractivity (Wildman–Crippen MR) is 199 cm³/mol. The van der Waals surface area contributed by atoms with Crippen molar-refractivity contribution in [3.05, 3.63) is 79.0 Å². The van der Waals surface area contributed by atoms with Crippen LogP contribution in [0.25, 0.3) is 0 Å². The number of carbonyl (C=O) groups excluding carboxylic acids is 3. The van der Waals surface area contributed by atoms with Gasteiger partial charge in [0, 0.05) is 63.4 Å². The third kappa shape index (κ3) is 8.97. The summed E-state index contributed by atoms with van der Waals surface area (Å²) in [5.74, 6) is 0.511. The van der Waals surface area contributed by atoms with Crippen molar-refractivity contribution in [3.63, 3.8) is 0 Å². The van der Waals surface area contributed by atoms with Gasteiger partial charge in [-0.05, 0) is 129 Å². The normalized spacial score (nSPS) is 19.6. The average Bonchev–Trinajstić information content (AvgIpc) is 3.52. The van der Waals surface area contributed by atoms with Crippen molar-refractivity contribution in [2.45, 2.75) is 83.3 Å². The summed E-state index contributed by atoms with van der Waals surface area (Å²) in [7, 11) is 0. The van der Waals surface area contributed by atoms with Crippen LogP contribution in [0.15, 0.2) is 45.9 Å². The molecule has 0 unspecified atom stereocenters. The Balaban J connectivity index is 1.05. The summed E-state index contributed by atoms with van der Waals surface area (Å²) in [6.07, 6.45) is 9.72. The zero-order chi connectivity index (χ0) is 35.6. The molecule has 2 aliphatic heterocycles. The maximum absolute atomic E-state index is 13.6. The number of amides is 2. The van der Waals surface area contributed by atoms with Crippen LogP contribution >= 0.6 is 43.5 Å². The highest BCUT2D eigenvalue weighted by Gasteiger charge is 2.37. The molecule has 6 rings (SSSR count). The first-order valence-electron chi connectivity index (χ1n) is 17.5. The lowest BCUT2D eigenvalue weighted by Gasteiger charge is -2.38. The molecule has 1 aliphatic carbocycles. The van der Waals surface area contributed by atoms with E-state index in [9.17, 15) is 14.4 Å². The largest absolute Gasteiger partial charge is 0.444 e. The van der Waals surface area contributed by atoms with Gasteiger partial charge in [0.2, 0.25) is 5.91 Å². The number of likely N-dealkylation sites (tertiary alicyclic amines) is 2. The molecule has 1 aromatic carbocycles. The molecule has 2 aromatic heterocycles. The molecular weight excluding hydrogens is 788 g/mol. The Morgan fingerprint density at radius 2 is 1.74 bits per heavy atom. The number of nitrogens with zero attached hydrogens (tertiary/aromatic N) is 4. The molecule has 10 nitrogen and oxygen atoms in total. The lowest BCUT2D eigenvalue weighted by molar-refractivity contribution is -0.137. The number of ketones is 1. The molecule has 0 radical (unpaired) electrons. The van der Waals surface area contributed by atoms with E-state index in [1.54, 1.807) is 38.2 Å². The van der Waals surface area contributed by atoms with Crippen LogP contribution < -0.4 is 5.32 Å². The first-order valence-corrected chi connectivity index (χ1v) is 19.4. The molecule has 0 spiro atoms. The Kier molecular flexibility index (Phi) is 11.7. The van der Waals surface area contributed by atoms with Gasteiger partial charge in [-0.25, -0.2) is 9.78 Å². The minimum Gasteiger partial charge on any atom is -0.444 e. The molecule has 3 aliphatic rings. The number of fused-ring (bicyclic) bond motifs is 2. The van der Waals surface area contributed by atoms with Crippen molar-refractivity contribution in [1.29, 1.82) is 0 Å². The standard InChI is InChI=1S/C37H45Br2ClN6O4/c1-37(2,3)50-36(49)44-30(17-28-19-41-21-43-28)35(48)46-12-8-22(9-13-46)31(47)20-45-10-6-23(7-11-45)33-32-24(15-27(40)16-29(32)39)4-5-25-14-26(38)18-42-34(25)33/h14-16,18-19,21-23,30,33H,4-13,17,20H2,1-3H3,(H,41,43)(H,44,49)/t30-,33-/m1/s1. The second kappa shape index (κ2) is 15.8. The fraction of sp³-hybridized carbons (Fsp3) is 0.541. The van der Waals surface area contributed by atoms with E-state index in [-0.39, 0.29) is 29.9 Å². The number of alkyl carbamates (subject to hydrolysis) is 1. The van der Waals surface area contributed by atoms with E-state index in [1.165, 1.54) is 16.7 Å². The zero-order valence-corrected chi connectivity index (χ0v) is 32.7. The summed E-state index contributed by atoms with van der Waals surface area (Å²) in [5.41, 5.74) is 5.05. The Bertz CT molecular complexity index is 1700. The van der Waals surface area contributed by atoms with Crippen molar-refractivity contribution >= 4 is 61.2 Å². The summed E-state index contributed by atoms with van der Waals surface area (Å²) in [5, 5.41) is 3.50. The summed E-state index contributed by atoms with van der Waals surface area (Å²) in [6, 6.07) is 5.52. The number of carbonyl (C=O) groups is 3. The van der Waals surface area contributed by atoms with Crippen molar-refractivity contribution in [2.75, 3.05) is 32.7 Å². The number of aryl methyl sites for hydroxylation is 2. The van der Waals surface area contributed by atoms with Crippen molar-refractivity contribution < 1.29 is 19.1 Å². The quantitative estimate of drug-likeness (QED) is 0.254. The number of aromatic nitrogens is 3. The number of hydrogen-bond donors (Lipinski definition) is 2. The monoisotopic (exact) mass is 830 g/mol. The van der Waals surface area contributed by atoms with Crippen LogP contribution in [-0.4, -0.2) is 86.9 Å². The number of halogens is 3. The van der Waals surface area contributed by atoms with Gasteiger partial charge < -0.3 is 19.9 Å². The lowest BCUT2D eigenvalue weighted by atomic mass is 9.76. The van der Waals surface area contributed by atoms with Gasteiger partial charge in [0.25, 0.3) is 0 Å². The minimum atomic E-state index is -0.805. The van der Waals surface area contributed by atoms with Crippen molar-refractivity contribution in [2.24, 2.45) is 11.8 Å². The molecule has 50 heavy (non-hydrogen) atoms. The van der Waals surface area contributed by atoms with Crippen LogP contribution in [0.1, 0.15) is 80.5 Å². The Labute approximate surface area is 315 Å². The molecule has 3 aromatic rings. The minimum absolute atomic E-state index is 0.0920. The second-order valence-electron chi connectivity index (χ2n) is 14.8. The van der Waals surface area contributed by atoms with Gasteiger partial charge >= 0.3 is 6.09 Å². The lowest BCUT2D eigenvalue weighted by Crippen LogP contribution is -2.53. The number of aromatic amines is 1. The molecule has 2 fully saturated rings. The summed E-state index contributed by atoms with van der Waals surface area (Å²) < 4.78 is 7.46. The third-order valence-electron chi connectivity index (χ3n) is 10.1. The number of Topliss-reactive ketones (excluding diaryl/α,β-unsaturated/α-hetero) is 1. The summed E-state index contributed by atoms with van der Waals surface area (Å²) >= 11 is 14.0. The number of benzene rings is 1. The Morgan fingerprint density at radius 3 is 2.42 bits per heavy atom. The molecule has 2 amide bonds. The molecule has 268 valence electrons. The van der Waals surface area contributed by atoms with E-state index in [0.29, 0.717) is 38.4 Å². The van der Waals surface area contributed by atoms with Crippen LogP contribution in [0.5, 0.6) is 0 Å². The van der Waals surface area contributed by atoms with Gasteiger partial charge in [-0.1, -0.05) is 27.5 Å². The zero-order valence-electron chi connectivity index (χ0n) is 28.8. The number of piperidine rings is 2. The van der Waals surface area contributed by atoms with E-state index >= 15 is 0 Å². The number of hydrogen-bond acceptors (Lipinski definition) is 7. The van der Waals surface area contributed by atoms with Gasteiger partial charge in [-0.2, -0.15) is 0 Å². The maximum Gasteiger partial charge on any atom is 0.408 e. The molecule has 13 heteroatoms. The number of imidazole rings is 1. The topological polar surface area (TPSA) is 121 Å². The number of pyridine rings is 1. The number of nitrogens with one attached hydrogen (secondary N) is 2. The predicted octanol–water partition coefficient (Wildman–Crippen LogP) is 6.87. The SMILES string of the molecule is CC(C)(C)OC(=O)N[C@H](Cc1cnc[nH]1)C(=O)N1CCC(C(=O)CN2CCC([C@H]3c4ncc(Br)cc4CCc4cc(Cl)cc(Br)c43)CC2)CC1. The highest BCUT2D eigenvalue weighted by molar-refractivity contribution is 9.10. The molecular formula is C37H45Br2ClN6O4. The summed E-state index contributed by atoms with van der Waals surface area (Å²) in [4.78, 5) is 55.9. The van der Waals surface area contributed by atoms with Crippen LogP contribution in [0.3, 0.4) is 0 Å². The van der Waals surface area contributed by atoms with E-state index in [0.717, 1.165) is 64.1 Å². The molecule has 2 atom stereocenters. The van der Waals surface area contributed by atoms with Gasteiger partial charge in [-0.15, -0.1) is 0 Å². The first kappa shape index (κ1) is 37.0. The number of rotatable bonds is 8. The number of H-pyrrole nitrogens is 1. The summed E-state index contributed by atoms with van der Waals surface area (Å²) in [6.45, 7) is 8.41. The van der Waals surface area contributed by atoms with E-state index < -0.39 is 17.7 Å². The Hall–Kier alpha value is -2.80. The molecule has 4 heterocycles. The number of ether oxygens (including phenoxy) is 1. The maximum atomic E-state index is 13.6. The highest BCUT2D eigenvalue weighted by atomic mass is 79.9. The Morgan fingerprint density at radius 1 is 1.02 bits per heavy atom. The van der Waals surface area contributed by atoms with E-state index in [1.807, 2.05) is 12.3 Å². The first-order chi connectivity index (χ1) is 23.8.